The number of hydrogen-bond acceptors (Lipinski definition) is 3. The van der Waals surface area contributed by atoms with E-state index in [1.54, 1.807) is 4.90 Å². The van der Waals surface area contributed by atoms with E-state index in [1.165, 1.54) is 30.4 Å². The lowest BCUT2D eigenvalue weighted by Gasteiger charge is -2.32. The molecule has 1 saturated carbocycles. The molecule has 0 radical (unpaired) electrons. The molecule has 1 aliphatic heterocycles. The topological polar surface area (TPSA) is 35.6 Å². The average Bonchev–Trinajstić information content (AvgIpc) is 3.41. The van der Waals surface area contributed by atoms with Crippen molar-refractivity contribution >= 4 is 12.0 Å². The minimum absolute atomic E-state index is 0.228. The maximum Gasteiger partial charge on any atom is 0.223 e. The Morgan fingerprint density at radius 1 is 1.23 bits per heavy atom. The first-order valence-corrected chi connectivity index (χ1v) is 9.94. The Bertz CT molecular complexity index is 618. The molecule has 2 fully saturated rings. The number of likely N-dealkylation sites (tertiary alicyclic amines) is 1. The van der Waals surface area contributed by atoms with Crippen molar-refractivity contribution in [2.45, 2.75) is 44.7 Å². The summed E-state index contributed by atoms with van der Waals surface area (Å²) in [7, 11) is 3.66. The van der Waals surface area contributed by atoms with Crippen molar-refractivity contribution in [3.8, 4) is 0 Å². The lowest BCUT2D eigenvalue weighted by molar-refractivity contribution is -0.129. The zero-order valence-electron chi connectivity index (χ0n) is 16.4. The third kappa shape index (κ3) is 5.42. The first-order chi connectivity index (χ1) is 12.5. The number of nitrogens with zero attached hydrogens (tertiary/aromatic N) is 2. The molecule has 0 aromatic heterocycles. The van der Waals surface area contributed by atoms with Gasteiger partial charge in [-0.15, -0.1) is 0 Å². The molecule has 2 unspecified atom stereocenters. The number of piperidine rings is 1. The van der Waals surface area contributed by atoms with Gasteiger partial charge >= 0.3 is 0 Å². The van der Waals surface area contributed by atoms with Crippen LogP contribution in [0, 0.1) is 5.92 Å². The molecule has 4 heteroatoms. The molecule has 1 saturated heterocycles. The highest BCUT2D eigenvalue weighted by Crippen LogP contribution is 2.38. The number of carbonyl (C=O) groups excluding carboxylic acids is 1. The lowest BCUT2D eigenvalue weighted by atomic mass is 10.0. The number of rotatable bonds is 7. The van der Waals surface area contributed by atoms with Gasteiger partial charge in [-0.1, -0.05) is 42.0 Å². The predicted molar refractivity (Wildman–Crippen MR) is 108 cm³/mol. The second-order valence-electron chi connectivity index (χ2n) is 8.07. The fourth-order valence-corrected chi connectivity index (χ4v) is 3.90. The van der Waals surface area contributed by atoms with E-state index >= 15 is 0 Å². The maximum absolute atomic E-state index is 11.7. The molecule has 2 atom stereocenters. The Balaban J connectivity index is 1.37. The molecule has 1 heterocycles. The standard InChI is InChI=1S/C22H33N3O/c1-17(15-18-7-5-4-6-8-18)20-16-21(20)23-19-9-12-25(13-10-19)14-11-22(26)24(2)3/h4-8,15,19-21,23H,9-14,16H2,1-3H3. The van der Waals surface area contributed by atoms with Crippen molar-refractivity contribution in [3.05, 3.63) is 41.5 Å². The minimum Gasteiger partial charge on any atom is -0.349 e. The van der Waals surface area contributed by atoms with Crippen molar-refractivity contribution < 1.29 is 4.79 Å². The Morgan fingerprint density at radius 3 is 2.58 bits per heavy atom. The Kier molecular flexibility index (Phi) is 6.49. The molecule has 1 aromatic rings. The van der Waals surface area contributed by atoms with Gasteiger partial charge in [0.2, 0.25) is 5.91 Å². The van der Waals surface area contributed by atoms with E-state index in [-0.39, 0.29) is 5.91 Å². The number of hydrogen-bond donors (Lipinski definition) is 1. The van der Waals surface area contributed by atoms with Crippen LogP contribution in [0.4, 0.5) is 0 Å². The van der Waals surface area contributed by atoms with Gasteiger partial charge in [0, 0.05) is 39.1 Å². The van der Waals surface area contributed by atoms with Crippen LogP contribution in [0.3, 0.4) is 0 Å². The minimum atomic E-state index is 0.228. The monoisotopic (exact) mass is 355 g/mol. The van der Waals surface area contributed by atoms with E-state index in [2.05, 4.69) is 53.5 Å². The van der Waals surface area contributed by atoms with E-state index in [0.29, 0.717) is 24.4 Å². The van der Waals surface area contributed by atoms with Gasteiger partial charge in [-0.3, -0.25) is 4.79 Å². The molecule has 1 aliphatic carbocycles. The van der Waals surface area contributed by atoms with Crippen LogP contribution in [0.5, 0.6) is 0 Å². The normalized spacial score (nSPS) is 24.5. The van der Waals surface area contributed by atoms with Gasteiger partial charge < -0.3 is 15.1 Å². The highest BCUT2D eigenvalue weighted by molar-refractivity contribution is 5.75. The average molecular weight is 356 g/mol. The van der Waals surface area contributed by atoms with E-state index in [1.807, 2.05) is 14.1 Å². The largest absolute Gasteiger partial charge is 0.349 e. The third-order valence-electron chi connectivity index (χ3n) is 5.75. The van der Waals surface area contributed by atoms with Crippen LogP contribution in [-0.4, -0.2) is 61.5 Å². The van der Waals surface area contributed by atoms with Crippen molar-refractivity contribution in [1.82, 2.24) is 15.1 Å². The summed E-state index contributed by atoms with van der Waals surface area (Å²) < 4.78 is 0. The zero-order valence-corrected chi connectivity index (χ0v) is 16.4. The Labute approximate surface area is 158 Å². The molecule has 2 aliphatic rings. The van der Waals surface area contributed by atoms with E-state index < -0.39 is 0 Å². The smallest absolute Gasteiger partial charge is 0.223 e. The van der Waals surface area contributed by atoms with Crippen LogP contribution >= 0.6 is 0 Å². The first-order valence-electron chi connectivity index (χ1n) is 9.94. The Hall–Kier alpha value is -1.65. The van der Waals surface area contributed by atoms with Gasteiger partial charge in [0.05, 0.1) is 0 Å². The first kappa shape index (κ1) is 19.1. The van der Waals surface area contributed by atoms with Gasteiger partial charge in [-0.25, -0.2) is 0 Å². The van der Waals surface area contributed by atoms with E-state index in [9.17, 15) is 4.79 Å². The molecule has 142 valence electrons. The highest BCUT2D eigenvalue weighted by Gasteiger charge is 2.39. The van der Waals surface area contributed by atoms with Crippen LogP contribution < -0.4 is 5.32 Å². The second-order valence-corrected chi connectivity index (χ2v) is 8.07. The molecule has 4 nitrogen and oxygen atoms in total. The predicted octanol–water partition coefficient (Wildman–Crippen LogP) is 3.01. The second kappa shape index (κ2) is 8.83. The molecule has 26 heavy (non-hydrogen) atoms. The van der Waals surface area contributed by atoms with Crippen LogP contribution in [0.1, 0.15) is 38.2 Å². The summed E-state index contributed by atoms with van der Waals surface area (Å²) in [5.74, 6) is 0.928. The van der Waals surface area contributed by atoms with Crippen molar-refractivity contribution in [3.63, 3.8) is 0 Å². The molecule has 1 N–H and O–H groups in total. The number of carbonyl (C=O) groups is 1. The van der Waals surface area contributed by atoms with Crippen LogP contribution in [0.15, 0.2) is 35.9 Å². The molecule has 1 aromatic carbocycles. The fraction of sp³-hybridized carbons (Fsp3) is 0.591. The van der Waals surface area contributed by atoms with Crippen LogP contribution in [0.25, 0.3) is 6.08 Å². The molecule has 0 bridgehead atoms. The lowest BCUT2D eigenvalue weighted by Crippen LogP contribution is -2.44. The quantitative estimate of drug-likeness (QED) is 0.817. The summed E-state index contributed by atoms with van der Waals surface area (Å²) >= 11 is 0. The van der Waals surface area contributed by atoms with Gasteiger partial charge in [0.1, 0.15) is 0 Å². The van der Waals surface area contributed by atoms with Gasteiger partial charge in [-0.05, 0) is 50.8 Å². The maximum atomic E-state index is 11.7. The Morgan fingerprint density at radius 2 is 1.92 bits per heavy atom. The summed E-state index contributed by atoms with van der Waals surface area (Å²) in [6.07, 6.45) is 6.63. The zero-order chi connectivity index (χ0) is 18.5. The van der Waals surface area contributed by atoms with Gasteiger partial charge in [0.15, 0.2) is 0 Å². The van der Waals surface area contributed by atoms with E-state index in [4.69, 9.17) is 0 Å². The van der Waals surface area contributed by atoms with Gasteiger partial charge in [-0.2, -0.15) is 0 Å². The van der Waals surface area contributed by atoms with Crippen molar-refractivity contribution in [2.24, 2.45) is 5.92 Å². The third-order valence-corrected chi connectivity index (χ3v) is 5.75. The number of benzene rings is 1. The molecular weight excluding hydrogens is 322 g/mol. The summed E-state index contributed by atoms with van der Waals surface area (Å²) in [4.78, 5) is 15.8. The molecule has 1 amide bonds. The molecule has 3 rings (SSSR count). The van der Waals surface area contributed by atoms with Gasteiger partial charge in [0.25, 0.3) is 0 Å². The van der Waals surface area contributed by atoms with Crippen LogP contribution in [-0.2, 0) is 4.79 Å². The number of nitrogens with one attached hydrogen (secondary N) is 1. The van der Waals surface area contributed by atoms with E-state index in [0.717, 1.165) is 19.6 Å². The SMILES string of the molecule is CC(=Cc1ccccc1)C1CC1NC1CCN(CCC(=O)N(C)C)CC1. The number of amides is 1. The van der Waals surface area contributed by atoms with Crippen LogP contribution in [0.2, 0.25) is 0 Å². The molecular formula is C22H33N3O. The molecule has 0 spiro atoms. The fourth-order valence-electron chi connectivity index (χ4n) is 3.90. The summed E-state index contributed by atoms with van der Waals surface area (Å²) in [5.41, 5.74) is 2.80. The van der Waals surface area contributed by atoms with Crippen molar-refractivity contribution in [2.75, 3.05) is 33.7 Å². The highest BCUT2D eigenvalue weighted by atomic mass is 16.2. The van der Waals surface area contributed by atoms with Crippen molar-refractivity contribution in [1.29, 1.82) is 0 Å². The summed E-state index contributed by atoms with van der Waals surface area (Å²) in [6, 6.07) is 11.9. The summed E-state index contributed by atoms with van der Waals surface area (Å²) in [6.45, 7) is 5.38. The summed E-state index contributed by atoms with van der Waals surface area (Å²) in [5, 5.41) is 3.87.